The minimum atomic E-state index is -0.779. The number of ether oxygens (including phenoxy) is 1. The van der Waals surface area contributed by atoms with Gasteiger partial charge in [-0.05, 0) is 12.1 Å². The molecule has 0 atom stereocenters. The molecule has 0 unspecified atom stereocenters. The fourth-order valence-corrected chi connectivity index (χ4v) is 3.60. The molecule has 2 heterocycles. The molecule has 1 aromatic carbocycles. The lowest BCUT2D eigenvalue weighted by atomic mass is 10.1. The highest BCUT2D eigenvalue weighted by Gasteiger charge is 2.35. The van der Waals surface area contributed by atoms with Crippen LogP contribution in [-0.2, 0) is 25.7 Å². The van der Waals surface area contributed by atoms with Gasteiger partial charge in [0.2, 0.25) is 5.91 Å². The molecule has 0 spiro atoms. The van der Waals surface area contributed by atoms with E-state index in [9.17, 15) is 19.2 Å². The fourth-order valence-electron chi connectivity index (χ4n) is 3.60. The number of nitrogens with zero attached hydrogens (tertiary/aromatic N) is 3. The summed E-state index contributed by atoms with van der Waals surface area (Å²) < 4.78 is 4.50. The van der Waals surface area contributed by atoms with Crippen molar-refractivity contribution in [1.29, 1.82) is 0 Å². The van der Waals surface area contributed by atoms with Crippen molar-refractivity contribution < 1.29 is 23.9 Å². The predicted molar refractivity (Wildman–Crippen MR) is 109 cm³/mol. The first-order valence-corrected chi connectivity index (χ1v) is 9.46. The van der Waals surface area contributed by atoms with Gasteiger partial charge in [-0.3, -0.25) is 19.3 Å². The third-order valence-electron chi connectivity index (χ3n) is 5.29. The molecule has 9 nitrogen and oxygen atoms in total. The zero-order valence-electron chi connectivity index (χ0n) is 17.1. The van der Waals surface area contributed by atoms with Crippen LogP contribution in [0.3, 0.4) is 0 Å². The van der Waals surface area contributed by atoms with Gasteiger partial charge in [0, 0.05) is 49.9 Å². The number of benzene rings is 1. The Labute approximate surface area is 174 Å². The molecule has 1 aromatic rings. The molecular weight excluding hydrogens is 388 g/mol. The highest BCUT2D eigenvalue weighted by Crippen LogP contribution is 2.34. The molecule has 0 aliphatic carbocycles. The van der Waals surface area contributed by atoms with Crippen molar-refractivity contribution in [3.8, 4) is 0 Å². The first-order valence-electron chi connectivity index (χ1n) is 9.46. The summed E-state index contributed by atoms with van der Waals surface area (Å²) >= 11 is 0. The van der Waals surface area contributed by atoms with E-state index in [1.165, 1.54) is 12.0 Å². The summed E-state index contributed by atoms with van der Waals surface area (Å²) in [6.45, 7) is 11.4. The molecule has 3 rings (SSSR count). The first kappa shape index (κ1) is 21.1. The zero-order chi connectivity index (χ0) is 22.0. The highest BCUT2D eigenvalue weighted by molar-refractivity contribution is 6.07. The number of piperazine rings is 1. The third-order valence-corrected chi connectivity index (χ3v) is 5.29. The Bertz CT molecular complexity index is 947. The van der Waals surface area contributed by atoms with Gasteiger partial charge in [-0.15, -0.1) is 0 Å². The minimum Gasteiger partial charge on any atom is -0.464 e. The molecule has 2 aliphatic rings. The van der Waals surface area contributed by atoms with Crippen molar-refractivity contribution in [3.63, 3.8) is 0 Å². The molecule has 2 aliphatic heterocycles. The molecule has 1 N–H and O–H groups in total. The van der Waals surface area contributed by atoms with Crippen LogP contribution >= 0.6 is 0 Å². The monoisotopic (exact) mass is 412 g/mol. The van der Waals surface area contributed by atoms with E-state index in [4.69, 9.17) is 0 Å². The lowest BCUT2D eigenvalue weighted by Crippen LogP contribution is -2.48. The normalized spacial score (nSPS) is 15.5. The maximum absolute atomic E-state index is 12.9. The summed E-state index contributed by atoms with van der Waals surface area (Å²) in [6, 6.07) is 5.45. The lowest BCUT2D eigenvalue weighted by Gasteiger charge is -2.36. The van der Waals surface area contributed by atoms with Crippen LogP contribution < -0.4 is 10.2 Å². The Morgan fingerprint density at radius 3 is 2.37 bits per heavy atom. The van der Waals surface area contributed by atoms with E-state index >= 15 is 0 Å². The number of rotatable bonds is 5. The van der Waals surface area contributed by atoms with Crippen LogP contribution in [0.25, 0.3) is 0 Å². The number of carbonyl (C=O) groups excluding carboxylic acids is 4. The van der Waals surface area contributed by atoms with E-state index in [-0.39, 0.29) is 29.8 Å². The van der Waals surface area contributed by atoms with Crippen molar-refractivity contribution in [3.05, 3.63) is 53.9 Å². The molecule has 1 saturated heterocycles. The Kier molecular flexibility index (Phi) is 5.91. The maximum atomic E-state index is 12.9. The van der Waals surface area contributed by atoms with Gasteiger partial charge < -0.3 is 19.9 Å². The van der Waals surface area contributed by atoms with Crippen LogP contribution in [-0.4, -0.2) is 66.8 Å². The van der Waals surface area contributed by atoms with Crippen LogP contribution in [0.2, 0.25) is 0 Å². The number of carbonyl (C=O) groups is 4. The second-order valence-corrected chi connectivity index (χ2v) is 7.06. The SMILES string of the molecule is C=C(NC(=O)C(=C)N1Cc2c(cccc2N2CCN(C(C)=O)CC2)C1=O)C(=O)OC. The van der Waals surface area contributed by atoms with Gasteiger partial charge in [0.1, 0.15) is 11.4 Å². The number of nitrogens with one attached hydrogen (secondary N) is 1. The van der Waals surface area contributed by atoms with Crippen LogP contribution in [0.5, 0.6) is 0 Å². The Hall–Kier alpha value is -3.62. The Balaban J connectivity index is 1.75. The van der Waals surface area contributed by atoms with Crippen LogP contribution in [0.4, 0.5) is 5.69 Å². The van der Waals surface area contributed by atoms with Gasteiger partial charge in [-0.1, -0.05) is 19.2 Å². The molecule has 3 amide bonds. The molecule has 0 radical (unpaired) electrons. The highest BCUT2D eigenvalue weighted by atomic mass is 16.5. The number of amides is 3. The van der Waals surface area contributed by atoms with Crippen molar-refractivity contribution in [2.24, 2.45) is 0 Å². The topological polar surface area (TPSA) is 99.3 Å². The van der Waals surface area contributed by atoms with E-state index < -0.39 is 11.9 Å². The van der Waals surface area contributed by atoms with E-state index in [0.29, 0.717) is 31.7 Å². The lowest BCUT2D eigenvalue weighted by molar-refractivity contribution is -0.137. The van der Waals surface area contributed by atoms with Crippen molar-refractivity contribution in [1.82, 2.24) is 15.1 Å². The Morgan fingerprint density at radius 1 is 1.10 bits per heavy atom. The van der Waals surface area contributed by atoms with Crippen LogP contribution in [0.1, 0.15) is 22.8 Å². The zero-order valence-corrected chi connectivity index (χ0v) is 17.1. The smallest absolute Gasteiger partial charge is 0.353 e. The van der Waals surface area contributed by atoms with Crippen LogP contribution in [0.15, 0.2) is 42.8 Å². The second-order valence-electron chi connectivity index (χ2n) is 7.06. The molecule has 9 heteroatoms. The summed E-state index contributed by atoms with van der Waals surface area (Å²) in [5.41, 5.74) is 1.88. The number of esters is 1. The van der Waals surface area contributed by atoms with Crippen LogP contribution in [0, 0.1) is 0 Å². The van der Waals surface area contributed by atoms with Gasteiger partial charge in [0.05, 0.1) is 13.7 Å². The van der Waals surface area contributed by atoms with Gasteiger partial charge in [0.15, 0.2) is 0 Å². The van der Waals surface area contributed by atoms with Crippen molar-refractivity contribution in [2.45, 2.75) is 13.5 Å². The molecule has 0 aromatic heterocycles. The molecule has 158 valence electrons. The molecule has 0 bridgehead atoms. The second kappa shape index (κ2) is 8.40. The number of fused-ring (bicyclic) bond motifs is 1. The number of hydrogen-bond acceptors (Lipinski definition) is 6. The average Bonchev–Trinajstić information content (AvgIpc) is 3.09. The molecule has 30 heavy (non-hydrogen) atoms. The summed E-state index contributed by atoms with van der Waals surface area (Å²) in [7, 11) is 1.17. The molecular formula is C21H24N4O5. The molecule has 1 fully saturated rings. The number of hydrogen-bond donors (Lipinski definition) is 1. The van der Waals surface area contributed by atoms with Gasteiger partial charge in [-0.2, -0.15) is 0 Å². The van der Waals surface area contributed by atoms with Crippen molar-refractivity contribution >= 4 is 29.4 Å². The summed E-state index contributed by atoms with van der Waals surface area (Å²) in [6.07, 6.45) is 0. The first-order chi connectivity index (χ1) is 14.2. The van der Waals surface area contributed by atoms with Gasteiger partial charge >= 0.3 is 5.97 Å². The van der Waals surface area contributed by atoms with E-state index in [0.717, 1.165) is 11.3 Å². The number of methoxy groups -OCH3 is 1. The Morgan fingerprint density at radius 2 is 1.77 bits per heavy atom. The number of anilines is 1. The standard InChI is InChI=1S/C21H24N4O5/c1-13(21(29)30-4)22-19(27)14(2)25-12-17-16(20(25)28)6-5-7-18(17)24-10-8-23(9-11-24)15(3)26/h5-7H,1-2,8-12H2,3-4H3,(H,22,27). The quantitative estimate of drug-likeness (QED) is 0.563. The fraction of sp³-hybridized carbons (Fsp3) is 0.333. The van der Waals surface area contributed by atoms with Gasteiger partial charge in [0.25, 0.3) is 11.8 Å². The maximum Gasteiger partial charge on any atom is 0.353 e. The minimum absolute atomic E-state index is 0.0464. The molecule has 0 saturated carbocycles. The largest absolute Gasteiger partial charge is 0.464 e. The van der Waals surface area contributed by atoms with E-state index in [2.05, 4.69) is 28.1 Å². The van der Waals surface area contributed by atoms with E-state index in [1.54, 1.807) is 24.0 Å². The van der Waals surface area contributed by atoms with Crippen molar-refractivity contribution in [2.75, 3.05) is 38.2 Å². The summed E-state index contributed by atoms with van der Waals surface area (Å²) in [5, 5.41) is 2.30. The van der Waals surface area contributed by atoms with Gasteiger partial charge in [-0.25, -0.2) is 4.79 Å². The predicted octanol–water partition coefficient (Wildman–Crippen LogP) is 0.628. The average molecular weight is 412 g/mol. The summed E-state index contributed by atoms with van der Waals surface area (Å²) in [5.74, 6) is -1.77. The van der Waals surface area contributed by atoms with E-state index in [1.807, 2.05) is 6.07 Å². The third kappa shape index (κ3) is 3.91. The summed E-state index contributed by atoms with van der Waals surface area (Å²) in [4.78, 5) is 53.5.